The monoisotopic (exact) mass is 347 g/mol. The van der Waals surface area contributed by atoms with E-state index in [4.69, 9.17) is 4.74 Å². The molecule has 130 valence electrons. The summed E-state index contributed by atoms with van der Waals surface area (Å²) in [5.74, 6) is -3.73. The molecule has 0 radical (unpaired) electrons. The molecule has 0 heterocycles. The van der Waals surface area contributed by atoms with Crippen molar-refractivity contribution in [3.05, 3.63) is 64.7 Å². The fraction of sp³-hybridized carbons (Fsp3) is 0.167. The van der Waals surface area contributed by atoms with Gasteiger partial charge >= 0.3 is 5.97 Å². The summed E-state index contributed by atoms with van der Waals surface area (Å²) in [6.07, 6.45) is 0. The molecule has 0 fully saturated rings. The molecule has 2 rings (SSSR count). The Morgan fingerprint density at radius 3 is 2.40 bits per heavy atom. The van der Waals surface area contributed by atoms with Gasteiger partial charge in [0.2, 0.25) is 5.91 Å². The summed E-state index contributed by atoms with van der Waals surface area (Å²) in [4.78, 5) is 35.7. The average molecular weight is 347 g/mol. The van der Waals surface area contributed by atoms with E-state index in [0.29, 0.717) is 0 Å². The summed E-state index contributed by atoms with van der Waals surface area (Å²) in [7, 11) is 0. The maximum atomic E-state index is 14.3. The number of halogens is 2. The fourth-order valence-electron chi connectivity index (χ4n) is 2.20. The van der Waals surface area contributed by atoms with E-state index in [2.05, 4.69) is 5.32 Å². The second kappa shape index (κ2) is 7.65. The van der Waals surface area contributed by atoms with E-state index in [1.165, 1.54) is 19.1 Å². The molecule has 0 aromatic heterocycles. The molecule has 2 aromatic rings. The first-order chi connectivity index (χ1) is 11.8. The number of carbonyl (C=O) groups is 3. The van der Waals surface area contributed by atoms with Crippen LogP contribution in [0.2, 0.25) is 0 Å². The highest BCUT2D eigenvalue weighted by Gasteiger charge is 2.22. The Kier molecular flexibility index (Phi) is 5.59. The standard InChI is InChI=1S/C18H15F2NO4/c1-3-25-18(24)14-8-13(15(20)9-16(14)21-10(2)22)17(23)11-5-4-6-12(19)7-11/h4-9H,3H2,1-2H3,(H,21,22). The van der Waals surface area contributed by atoms with Crippen LogP contribution in [0, 0.1) is 11.6 Å². The molecule has 0 aliphatic carbocycles. The molecule has 5 nitrogen and oxygen atoms in total. The van der Waals surface area contributed by atoms with Gasteiger partial charge in [0.15, 0.2) is 5.78 Å². The second-order valence-electron chi connectivity index (χ2n) is 5.12. The fourth-order valence-corrected chi connectivity index (χ4v) is 2.20. The molecule has 0 unspecified atom stereocenters. The van der Waals surface area contributed by atoms with Crippen molar-refractivity contribution < 1.29 is 27.9 Å². The van der Waals surface area contributed by atoms with E-state index in [9.17, 15) is 23.2 Å². The van der Waals surface area contributed by atoms with Gasteiger partial charge in [-0.1, -0.05) is 12.1 Å². The predicted molar refractivity (Wildman–Crippen MR) is 86.5 cm³/mol. The number of ether oxygens (including phenoxy) is 1. The zero-order valence-electron chi connectivity index (χ0n) is 13.6. The number of hydrogen-bond acceptors (Lipinski definition) is 4. The number of rotatable bonds is 5. The van der Waals surface area contributed by atoms with Gasteiger partial charge in [-0.3, -0.25) is 9.59 Å². The van der Waals surface area contributed by atoms with Crippen LogP contribution in [-0.4, -0.2) is 24.3 Å². The van der Waals surface area contributed by atoms with Crippen LogP contribution in [0.4, 0.5) is 14.5 Å². The van der Waals surface area contributed by atoms with E-state index in [1.807, 2.05) is 0 Å². The number of hydrogen-bond donors (Lipinski definition) is 1. The first-order valence-corrected chi connectivity index (χ1v) is 7.42. The number of benzene rings is 2. The van der Waals surface area contributed by atoms with Crippen LogP contribution in [0.15, 0.2) is 36.4 Å². The van der Waals surface area contributed by atoms with E-state index in [1.54, 1.807) is 6.92 Å². The van der Waals surface area contributed by atoms with Gasteiger partial charge in [-0.2, -0.15) is 0 Å². The van der Waals surface area contributed by atoms with Gasteiger partial charge in [-0.15, -0.1) is 0 Å². The second-order valence-corrected chi connectivity index (χ2v) is 5.12. The van der Waals surface area contributed by atoms with Crippen molar-refractivity contribution in [3.63, 3.8) is 0 Å². The highest BCUT2D eigenvalue weighted by Crippen LogP contribution is 2.24. The molecule has 0 saturated carbocycles. The van der Waals surface area contributed by atoms with E-state index < -0.39 is 34.9 Å². The van der Waals surface area contributed by atoms with Gasteiger partial charge in [0.25, 0.3) is 0 Å². The van der Waals surface area contributed by atoms with E-state index >= 15 is 0 Å². The zero-order chi connectivity index (χ0) is 18.6. The molecule has 0 bridgehead atoms. The van der Waals surface area contributed by atoms with Crippen molar-refractivity contribution in [2.75, 3.05) is 11.9 Å². The number of amides is 1. The van der Waals surface area contributed by atoms with Crippen molar-refractivity contribution in [3.8, 4) is 0 Å². The Hall–Kier alpha value is -3.09. The molecule has 0 spiro atoms. The Bertz CT molecular complexity index is 849. The van der Waals surface area contributed by atoms with Crippen molar-refractivity contribution in [1.82, 2.24) is 0 Å². The normalized spacial score (nSPS) is 10.2. The van der Waals surface area contributed by atoms with Gasteiger partial charge in [-0.25, -0.2) is 13.6 Å². The number of esters is 1. The van der Waals surface area contributed by atoms with Crippen LogP contribution >= 0.6 is 0 Å². The van der Waals surface area contributed by atoms with Crippen molar-refractivity contribution in [1.29, 1.82) is 0 Å². The summed E-state index contributed by atoms with van der Waals surface area (Å²) >= 11 is 0. The van der Waals surface area contributed by atoms with Gasteiger partial charge in [0.05, 0.1) is 23.4 Å². The third-order valence-electron chi connectivity index (χ3n) is 3.24. The largest absolute Gasteiger partial charge is 0.462 e. The maximum Gasteiger partial charge on any atom is 0.340 e. The smallest absolute Gasteiger partial charge is 0.340 e. The van der Waals surface area contributed by atoms with Crippen molar-refractivity contribution in [2.24, 2.45) is 0 Å². The predicted octanol–water partition coefficient (Wildman–Crippen LogP) is 3.33. The third-order valence-corrected chi connectivity index (χ3v) is 3.24. The molecule has 1 amide bonds. The average Bonchev–Trinajstić information content (AvgIpc) is 2.54. The Balaban J connectivity index is 2.55. The first-order valence-electron chi connectivity index (χ1n) is 7.42. The zero-order valence-corrected chi connectivity index (χ0v) is 13.6. The van der Waals surface area contributed by atoms with E-state index in [-0.39, 0.29) is 23.4 Å². The first kappa shape index (κ1) is 18.3. The third kappa shape index (κ3) is 4.26. The lowest BCUT2D eigenvalue weighted by atomic mass is 9.99. The minimum atomic E-state index is -0.953. The molecular weight excluding hydrogens is 332 g/mol. The minimum absolute atomic E-state index is 0.0584. The van der Waals surface area contributed by atoms with Gasteiger partial charge in [0.1, 0.15) is 11.6 Å². The van der Waals surface area contributed by atoms with Crippen LogP contribution in [-0.2, 0) is 9.53 Å². The van der Waals surface area contributed by atoms with Crippen molar-refractivity contribution in [2.45, 2.75) is 13.8 Å². The summed E-state index contributed by atoms with van der Waals surface area (Å²) in [5, 5.41) is 2.32. The topological polar surface area (TPSA) is 72.5 Å². The Morgan fingerprint density at radius 2 is 1.80 bits per heavy atom. The lowest BCUT2D eigenvalue weighted by molar-refractivity contribution is -0.114. The molecule has 1 N–H and O–H groups in total. The number of ketones is 1. The summed E-state index contributed by atoms with van der Waals surface area (Å²) < 4.78 is 32.5. The molecule has 2 aromatic carbocycles. The van der Waals surface area contributed by atoms with Gasteiger partial charge in [-0.05, 0) is 31.2 Å². The molecular formula is C18H15F2NO4. The quantitative estimate of drug-likeness (QED) is 0.665. The minimum Gasteiger partial charge on any atom is -0.462 e. The molecule has 0 aliphatic heterocycles. The molecule has 0 saturated heterocycles. The molecule has 7 heteroatoms. The van der Waals surface area contributed by atoms with Gasteiger partial charge < -0.3 is 10.1 Å². The Morgan fingerprint density at radius 1 is 1.08 bits per heavy atom. The summed E-state index contributed by atoms with van der Waals surface area (Å²) in [6, 6.07) is 6.62. The lowest BCUT2D eigenvalue weighted by Crippen LogP contribution is -2.16. The van der Waals surface area contributed by atoms with Crippen LogP contribution in [0.5, 0.6) is 0 Å². The van der Waals surface area contributed by atoms with Gasteiger partial charge in [0, 0.05) is 12.5 Å². The lowest BCUT2D eigenvalue weighted by Gasteiger charge is -2.12. The maximum absolute atomic E-state index is 14.3. The van der Waals surface area contributed by atoms with Crippen LogP contribution in [0.25, 0.3) is 0 Å². The van der Waals surface area contributed by atoms with Crippen LogP contribution in [0.1, 0.15) is 40.1 Å². The summed E-state index contributed by atoms with van der Waals surface area (Å²) in [5.41, 5.74) is -0.777. The number of nitrogens with one attached hydrogen (secondary N) is 1. The molecule has 0 aliphatic rings. The highest BCUT2D eigenvalue weighted by atomic mass is 19.1. The highest BCUT2D eigenvalue weighted by molar-refractivity contribution is 6.11. The van der Waals surface area contributed by atoms with Crippen LogP contribution < -0.4 is 5.32 Å². The number of carbonyl (C=O) groups excluding carboxylic acids is 3. The summed E-state index contributed by atoms with van der Waals surface area (Å²) in [6.45, 7) is 2.83. The van der Waals surface area contributed by atoms with Crippen LogP contribution in [0.3, 0.4) is 0 Å². The SMILES string of the molecule is CCOC(=O)c1cc(C(=O)c2cccc(F)c2)c(F)cc1NC(C)=O. The molecule has 0 atom stereocenters. The number of anilines is 1. The Labute approximate surface area is 142 Å². The molecule has 25 heavy (non-hydrogen) atoms. The van der Waals surface area contributed by atoms with E-state index in [0.717, 1.165) is 24.3 Å². The van der Waals surface area contributed by atoms with Crippen molar-refractivity contribution >= 4 is 23.3 Å².